The summed E-state index contributed by atoms with van der Waals surface area (Å²) in [7, 11) is 0.754. The molecule has 0 aliphatic rings. The second-order valence-electron chi connectivity index (χ2n) is 6.94. The Kier molecular flexibility index (Phi) is 11.2. The average Bonchev–Trinajstić information content (AvgIpc) is 3.22. The molecule has 0 radical (unpaired) electrons. The molecule has 1 atom stereocenters. The summed E-state index contributed by atoms with van der Waals surface area (Å²) < 4.78 is 0. The minimum absolute atomic E-state index is 0. The zero-order valence-corrected chi connectivity index (χ0v) is 23.1. The average molecular weight is 616 g/mol. The first-order valence-electron chi connectivity index (χ1n) is 9.30. The van der Waals surface area contributed by atoms with Gasteiger partial charge in [0, 0.05) is 0 Å². The molecule has 0 saturated carbocycles. The van der Waals surface area contributed by atoms with Crippen LogP contribution in [0.1, 0.15) is 11.1 Å². The van der Waals surface area contributed by atoms with Crippen molar-refractivity contribution in [3.63, 3.8) is 0 Å². The topological polar surface area (TPSA) is 0 Å². The fraction of sp³-hybridized carbons (Fsp3) is 0.0769. The maximum Gasteiger partial charge on any atom is 4.00 e. The minimum Gasteiger partial charge on any atom is -1.00 e. The van der Waals surface area contributed by atoms with Gasteiger partial charge in [-0.25, -0.2) is 0 Å². The standard InChI is InChI=1S/C16H14P.C10H9.2ClH.Hf/c1-12-11-13-7-5-6-10-15(13)16(12)17-14-8-3-2-4-9-14;1-8-6-9-4-2-3-5-10(9)7-8;;;/h2-11,17H,1H3;2-7H,1H3;2*1H;/q2*-1;;;+4/p-2. The molecule has 150 valence electrons. The Balaban J connectivity index is 0.000000302. The largest absolute Gasteiger partial charge is 4.00 e. The molecule has 4 heteroatoms. The summed E-state index contributed by atoms with van der Waals surface area (Å²) >= 11 is 0. The van der Waals surface area contributed by atoms with E-state index in [4.69, 9.17) is 0 Å². The quantitative estimate of drug-likeness (QED) is 0.153. The molecule has 5 rings (SSSR count). The SMILES string of the molecule is Cc1[cH-]c2ccccc2c1Pc1ccccc1.Cc1cc2ccccc2[cH-]1.[Cl-].[Cl-].[Hf+4]. The van der Waals surface area contributed by atoms with Gasteiger partial charge in [0.15, 0.2) is 0 Å². The molecule has 0 nitrogen and oxygen atoms in total. The van der Waals surface area contributed by atoms with E-state index >= 15 is 0 Å². The van der Waals surface area contributed by atoms with E-state index in [1.165, 1.54) is 43.3 Å². The summed E-state index contributed by atoms with van der Waals surface area (Å²) in [6, 6.07) is 34.5. The monoisotopic (exact) mass is 616 g/mol. The fourth-order valence-corrected chi connectivity index (χ4v) is 4.79. The van der Waals surface area contributed by atoms with Gasteiger partial charge in [0.25, 0.3) is 0 Å². The van der Waals surface area contributed by atoms with E-state index in [-0.39, 0.29) is 50.7 Å². The third-order valence-corrected chi connectivity index (χ3v) is 6.34. The molecule has 0 N–H and O–H groups in total. The van der Waals surface area contributed by atoms with Crippen LogP contribution in [0.15, 0.2) is 97.1 Å². The minimum atomic E-state index is 0. The van der Waals surface area contributed by atoms with Gasteiger partial charge < -0.3 is 24.8 Å². The summed E-state index contributed by atoms with van der Waals surface area (Å²) in [5, 5.41) is 8.37. The third-order valence-electron chi connectivity index (χ3n) is 4.80. The van der Waals surface area contributed by atoms with E-state index in [1.807, 2.05) is 0 Å². The van der Waals surface area contributed by atoms with Crippen molar-refractivity contribution < 1.29 is 50.7 Å². The number of hydrogen-bond acceptors (Lipinski definition) is 0. The van der Waals surface area contributed by atoms with E-state index in [1.54, 1.807) is 0 Å². The Morgan fingerprint density at radius 3 is 1.97 bits per heavy atom. The van der Waals surface area contributed by atoms with Crippen LogP contribution in [0.25, 0.3) is 21.5 Å². The van der Waals surface area contributed by atoms with Gasteiger partial charge in [0.1, 0.15) is 0 Å². The van der Waals surface area contributed by atoms with Crippen LogP contribution in [0.3, 0.4) is 0 Å². The molecule has 0 aromatic heterocycles. The van der Waals surface area contributed by atoms with Crippen LogP contribution in [0.5, 0.6) is 0 Å². The van der Waals surface area contributed by atoms with E-state index in [0.29, 0.717) is 0 Å². The second kappa shape index (κ2) is 12.6. The first-order valence-corrected chi connectivity index (χ1v) is 10.3. The summed E-state index contributed by atoms with van der Waals surface area (Å²) in [6.07, 6.45) is 0. The summed E-state index contributed by atoms with van der Waals surface area (Å²) in [5.74, 6) is 0. The van der Waals surface area contributed by atoms with Gasteiger partial charge in [0.05, 0.1) is 0 Å². The number of hydrogen-bond donors (Lipinski definition) is 0. The summed E-state index contributed by atoms with van der Waals surface area (Å²) in [4.78, 5) is 0. The van der Waals surface area contributed by atoms with Crippen molar-refractivity contribution in [2.45, 2.75) is 13.8 Å². The zero-order chi connectivity index (χ0) is 18.6. The molecule has 30 heavy (non-hydrogen) atoms. The predicted molar refractivity (Wildman–Crippen MR) is 123 cm³/mol. The van der Waals surface area contributed by atoms with Gasteiger partial charge in [-0.15, -0.1) is 95.1 Å². The maximum absolute atomic E-state index is 2.29. The molecule has 0 heterocycles. The van der Waals surface area contributed by atoms with Crippen molar-refractivity contribution in [1.29, 1.82) is 0 Å². The number of fused-ring (bicyclic) bond motifs is 2. The van der Waals surface area contributed by atoms with E-state index in [0.717, 1.165) is 8.58 Å². The molecular weight excluding hydrogens is 593 g/mol. The molecule has 0 aliphatic carbocycles. The molecule has 0 aliphatic heterocycles. The van der Waals surface area contributed by atoms with Crippen molar-refractivity contribution in [2.24, 2.45) is 0 Å². The summed E-state index contributed by atoms with van der Waals surface area (Å²) in [6.45, 7) is 4.34. The van der Waals surface area contributed by atoms with E-state index in [9.17, 15) is 0 Å². The fourth-order valence-electron chi connectivity index (χ4n) is 3.51. The van der Waals surface area contributed by atoms with Crippen molar-refractivity contribution in [3.05, 3.63) is 108 Å². The Morgan fingerprint density at radius 1 is 0.667 bits per heavy atom. The Bertz CT molecular complexity index is 1140. The number of aryl methyl sites for hydroxylation is 2. The molecule has 0 amide bonds. The van der Waals surface area contributed by atoms with Crippen LogP contribution in [0.4, 0.5) is 0 Å². The van der Waals surface area contributed by atoms with Gasteiger partial charge in [-0.3, -0.25) is 0 Å². The molecule has 5 aromatic carbocycles. The van der Waals surface area contributed by atoms with Crippen LogP contribution >= 0.6 is 8.58 Å². The van der Waals surface area contributed by atoms with Crippen molar-refractivity contribution in [1.82, 2.24) is 0 Å². The number of benzene rings is 3. The maximum atomic E-state index is 2.29. The normalized spacial score (nSPS) is 10.1. The van der Waals surface area contributed by atoms with E-state index < -0.39 is 0 Å². The Morgan fingerprint density at radius 2 is 1.27 bits per heavy atom. The van der Waals surface area contributed by atoms with Crippen molar-refractivity contribution in [2.75, 3.05) is 0 Å². The van der Waals surface area contributed by atoms with Crippen LogP contribution in [0.2, 0.25) is 0 Å². The van der Waals surface area contributed by atoms with Gasteiger partial charge >= 0.3 is 25.8 Å². The van der Waals surface area contributed by atoms with E-state index in [2.05, 4.69) is 111 Å². The molecule has 0 spiro atoms. The number of halogens is 2. The Hall–Kier alpha value is -1.24. The van der Waals surface area contributed by atoms with Gasteiger partial charge in [0.2, 0.25) is 0 Å². The van der Waals surface area contributed by atoms with Crippen LogP contribution in [-0.2, 0) is 25.8 Å². The molecule has 1 unspecified atom stereocenters. The molecule has 0 bridgehead atoms. The first kappa shape index (κ1) is 26.8. The van der Waals surface area contributed by atoms with Crippen LogP contribution < -0.4 is 35.4 Å². The van der Waals surface area contributed by atoms with Crippen molar-refractivity contribution >= 4 is 40.7 Å². The summed E-state index contributed by atoms with van der Waals surface area (Å²) in [5.41, 5.74) is 2.76. The van der Waals surface area contributed by atoms with Crippen LogP contribution in [0, 0.1) is 13.8 Å². The molecule has 0 saturated heterocycles. The molecular formula is C26H23Cl2HfP. The first-order chi connectivity index (χ1) is 13.2. The molecule has 0 fully saturated rings. The predicted octanol–water partition coefficient (Wildman–Crippen LogP) is 0.369. The van der Waals surface area contributed by atoms with Crippen LogP contribution in [-0.4, -0.2) is 0 Å². The number of rotatable bonds is 2. The smallest absolute Gasteiger partial charge is 1.00 e. The third kappa shape index (κ3) is 6.38. The van der Waals surface area contributed by atoms with Gasteiger partial charge in [-0.05, 0) is 5.30 Å². The van der Waals surface area contributed by atoms with Crippen molar-refractivity contribution in [3.8, 4) is 0 Å². The second-order valence-corrected chi connectivity index (χ2v) is 8.27. The molecule has 5 aromatic rings. The van der Waals surface area contributed by atoms with Gasteiger partial charge in [-0.2, -0.15) is 6.07 Å². The zero-order valence-electron chi connectivity index (χ0n) is 17.0. The Labute approximate surface area is 212 Å². The van der Waals surface area contributed by atoms with Gasteiger partial charge in [-0.1, -0.05) is 56.3 Å².